The Morgan fingerprint density at radius 2 is 1.81 bits per heavy atom. The first-order valence-corrected chi connectivity index (χ1v) is 6.21. The summed E-state index contributed by atoms with van der Waals surface area (Å²) >= 11 is 0. The van der Waals surface area contributed by atoms with E-state index < -0.39 is 0 Å². The van der Waals surface area contributed by atoms with Gasteiger partial charge in [0, 0.05) is 0 Å². The molecule has 0 fully saturated rings. The highest BCUT2D eigenvalue weighted by Crippen LogP contribution is 2.23. The normalized spacial score (nSPS) is 11.2. The van der Waals surface area contributed by atoms with Crippen molar-refractivity contribution in [3.8, 4) is 0 Å². The summed E-state index contributed by atoms with van der Waals surface area (Å²) in [4.78, 5) is 0. The van der Waals surface area contributed by atoms with Gasteiger partial charge < -0.3 is 0 Å². The highest BCUT2D eigenvalue weighted by molar-refractivity contribution is 5.86. The van der Waals surface area contributed by atoms with Crippen LogP contribution in [0.1, 0.15) is 31.9 Å². The first-order chi connectivity index (χ1) is 7.70. The van der Waals surface area contributed by atoms with Crippen molar-refractivity contribution in [2.75, 3.05) is 0 Å². The van der Waals surface area contributed by atoms with Gasteiger partial charge in [0.15, 0.2) is 0 Å². The summed E-state index contributed by atoms with van der Waals surface area (Å²) < 4.78 is 0. The number of hydrogen-bond acceptors (Lipinski definition) is 0. The van der Waals surface area contributed by atoms with Gasteiger partial charge in [-0.2, -0.15) is 0 Å². The topological polar surface area (TPSA) is 0 Å². The Kier molecular flexibility index (Phi) is 3.28. The van der Waals surface area contributed by atoms with E-state index in [1.54, 1.807) is 0 Å². The van der Waals surface area contributed by atoms with E-state index in [1.807, 2.05) is 0 Å². The van der Waals surface area contributed by atoms with Crippen LogP contribution in [-0.2, 0) is 12.8 Å². The molecule has 0 saturated carbocycles. The molecule has 0 bridgehead atoms. The Balaban J connectivity index is 2.54. The summed E-state index contributed by atoms with van der Waals surface area (Å²) in [6.45, 7) is 6.79. The van der Waals surface area contributed by atoms with Crippen molar-refractivity contribution < 1.29 is 0 Å². The fourth-order valence-corrected chi connectivity index (χ4v) is 2.34. The highest BCUT2D eigenvalue weighted by Gasteiger charge is 2.04. The minimum Gasteiger partial charge on any atom is -0.0625 e. The van der Waals surface area contributed by atoms with Gasteiger partial charge in [-0.3, -0.25) is 0 Å². The number of aryl methyl sites for hydroxylation is 1. The fraction of sp³-hybridized carbons (Fsp3) is 0.375. The molecule has 2 rings (SSSR count). The summed E-state index contributed by atoms with van der Waals surface area (Å²) in [6, 6.07) is 13.4. The standard InChI is InChI=1S/C16H20/c1-4-14-10-13(9-12(2)3)11-15-7-5-6-8-16(14)15/h5-8,10-12H,4,9H2,1-3H3. The van der Waals surface area contributed by atoms with Crippen molar-refractivity contribution in [3.63, 3.8) is 0 Å². The smallest absolute Gasteiger partial charge is 0.0152 e. The Hall–Kier alpha value is -1.30. The Morgan fingerprint density at radius 3 is 2.50 bits per heavy atom. The molecule has 0 aliphatic rings. The van der Waals surface area contributed by atoms with E-state index >= 15 is 0 Å². The van der Waals surface area contributed by atoms with Gasteiger partial charge in [0.2, 0.25) is 0 Å². The Labute approximate surface area is 98.3 Å². The molecular formula is C16H20. The van der Waals surface area contributed by atoms with Crippen molar-refractivity contribution >= 4 is 10.8 Å². The quantitative estimate of drug-likeness (QED) is 0.697. The lowest BCUT2D eigenvalue weighted by atomic mass is 9.95. The Bertz CT molecular complexity index is 480. The maximum atomic E-state index is 2.38. The third-order valence-electron chi connectivity index (χ3n) is 3.03. The third-order valence-corrected chi connectivity index (χ3v) is 3.03. The first-order valence-electron chi connectivity index (χ1n) is 6.21. The van der Waals surface area contributed by atoms with Gasteiger partial charge in [-0.25, -0.2) is 0 Å². The van der Waals surface area contributed by atoms with Crippen molar-refractivity contribution in [2.45, 2.75) is 33.6 Å². The summed E-state index contributed by atoms with van der Waals surface area (Å²) in [5.41, 5.74) is 2.96. The van der Waals surface area contributed by atoms with Crippen LogP contribution >= 0.6 is 0 Å². The lowest BCUT2D eigenvalue weighted by Crippen LogP contribution is -1.96. The zero-order valence-corrected chi connectivity index (χ0v) is 10.5. The molecule has 16 heavy (non-hydrogen) atoms. The van der Waals surface area contributed by atoms with Crippen LogP contribution in [-0.4, -0.2) is 0 Å². The lowest BCUT2D eigenvalue weighted by molar-refractivity contribution is 0.647. The second-order valence-corrected chi connectivity index (χ2v) is 4.93. The average Bonchev–Trinajstić information content (AvgIpc) is 2.27. The van der Waals surface area contributed by atoms with Gasteiger partial charge >= 0.3 is 0 Å². The van der Waals surface area contributed by atoms with E-state index in [1.165, 1.54) is 28.3 Å². The van der Waals surface area contributed by atoms with Crippen molar-refractivity contribution in [1.82, 2.24) is 0 Å². The second-order valence-electron chi connectivity index (χ2n) is 4.93. The van der Waals surface area contributed by atoms with Crippen molar-refractivity contribution in [2.24, 2.45) is 5.92 Å². The Morgan fingerprint density at radius 1 is 1.06 bits per heavy atom. The average molecular weight is 212 g/mol. The van der Waals surface area contributed by atoms with Gasteiger partial charge in [0.25, 0.3) is 0 Å². The predicted octanol–water partition coefficient (Wildman–Crippen LogP) is 4.60. The minimum absolute atomic E-state index is 0.728. The minimum atomic E-state index is 0.728. The molecule has 0 nitrogen and oxygen atoms in total. The van der Waals surface area contributed by atoms with E-state index in [9.17, 15) is 0 Å². The van der Waals surface area contributed by atoms with Crippen LogP contribution in [0, 0.1) is 5.92 Å². The summed E-state index contributed by atoms with van der Waals surface area (Å²) in [6.07, 6.45) is 2.30. The summed E-state index contributed by atoms with van der Waals surface area (Å²) in [5, 5.41) is 2.80. The molecule has 2 aromatic carbocycles. The summed E-state index contributed by atoms with van der Waals surface area (Å²) in [5.74, 6) is 0.728. The van der Waals surface area contributed by atoms with Gasteiger partial charge in [-0.05, 0) is 40.7 Å². The molecule has 2 aromatic rings. The third kappa shape index (κ3) is 2.27. The van der Waals surface area contributed by atoms with Crippen LogP contribution in [0.25, 0.3) is 10.8 Å². The molecule has 0 heteroatoms. The molecule has 0 heterocycles. The number of fused-ring (bicyclic) bond motifs is 1. The molecule has 0 N–H and O–H groups in total. The zero-order chi connectivity index (χ0) is 11.5. The molecule has 0 unspecified atom stereocenters. The summed E-state index contributed by atoms with van der Waals surface area (Å²) in [7, 11) is 0. The first kappa shape index (κ1) is 11.2. The highest BCUT2D eigenvalue weighted by atomic mass is 14.1. The van der Waals surface area contributed by atoms with Crippen molar-refractivity contribution in [3.05, 3.63) is 47.5 Å². The van der Waals surface area contributed by atoms with Crippen LogP contribution in [0.5, 0.6) is 0 Å². The van der Waals surface area contributed by atoms with E-state index in [2.05, 4.69) is 57.2 Å². The molecule has 0 aliphatic carbocycles. The predicted molar refractivity (Wildman–Crippen MR) is 71.9 cm³/mol. The number of hydrogen-bond donors (Lipinski definition) is 0. The molecule has 0 amide bonds. The zero-order valence-electron chi connectivity index (χ0n) is 10.5. The monoisotopic (exact) mass is 212 g/mol. The van der Waals surface area contributed by atoms with E-state index in [4.69, 9.17) is 0 Å². The van der Waals surface area contributed by atoms with Gasteiger partial charge in [-0.1, -0.05) is 57.2 Å². The van der Waals surface area contributed by atoms with Gasteiger partial charge in [0.05, 0.1) is 0 Å². The van der Waals surface area contributed by atoms with E-state index in [0.717, 1.165) is 12.3 Å². The second kappa shape index (κ2) is 4.69. The number of rotatable bonds is 3. The van der Waals surface area contributed by atoms with Crippen molar-refractivity contribution in [1.29, 1.82) is 0 Å². The fourth-order valence-electron chi connectivity index (χ4n) is 2.34. The SMILES string of the molecule is CCc1cc(CC(C)C)cc2ccccc12. The van der Waals surface area contributed by atoms with Gasteiger partial charge in [-0.15, -0.1) is 0 Å². The van der Waals surface area contributed by atoms with Crippen LogP contribution in [0.3, 0.4) is 0 Å². The van der Waals surface area contributed by atoms with Crippen LogP contribution in [0.2, 0.25) is 0 Å². The van der Waals surface area contributed by atoms with Gasteiger partial charge in [0.1, 0.15) is 0 Å². The molecule has 0 spiro atoms. The van der Waals surface area contributed by atoms with Crippen LogP contribution < -0.4 is 0 Å². The van der Waals surface area contributed by atoms with Crippen LogP contribution in [0.4, 0.5) is 0 Å². The molecule has 0 aliphatic heterocycles. The molecule has 0 aromatic heterocycles. The lowest BCUT2D eigenvalue weighted by Gasteiger charge is -2.10. The van der Waals surface area contributed by atoms with Crippen LogP contribution in [0.15, 0.2) is 36.4 Å². The molecule has 0 radical (unpaired) electrons. The maximum absolute atomic E-state index is 2.38. The maximum Gasteiger partial charge on any atom is -0.0152 e. The largest absolute Gasteiger partial charge is 0.0625 e. The van der Waals surface area contributed by atoms with E-state index in [0.29, 0.717) is 0 Å². The van der Waals surface area contributed by atoms with E-state index in [-0.39, 0.29) is 0 Å². The molecule has 0 atom stereocenters. The molecule has 0 saturated heterocycles. The molecular weight excluding hydrogens is 192 g/mol. The number of benzene rings is 2. The molecule has 84 valence electrons.